The Morgan fingerprint density at radius 3 is 2.52 bits per heavy atom. The molecule has 1 saturated heterocycles. The lowest BCUT2D eigenvalue weighted by Crippen LogP contribution is -2.48. The van der Waals surface area contributed by atoms with Crippen LogP contribution in [-0.4, -0.2) is 38.5 Å². The number of nitrogens with zero attached hydrogens (tertiary/aromatic N) is 2. The van der Waals surface area contributed by atoms with Crippen LogP contribution in [0.25, 0.3) is 0 Å². The van der Waals surface area contributed by atoms with E-state index in [1.165, 1.54) is 18.5 Å². The quantitative estimate of drug-likeness (QED) is 0.873. The third-order valence-corrected chi connectivity index (χ3v) is 6.84. The molecule has 0 aromatic heterocycles. The Hall–Kier alpha value is -2.82. The first-order chi connectivity index (χ1) is 14.1. The minimum atomic E-state index is -0.512. The first-order valence-electron chi connectivity index (χ1n) is 10.6. The van der Waals surface area contributed by atoms with E-state index >= 15 is 0 Å². The van der Waals surface area contributed by atoms with Crippen LogP contribution in [0.15, 0.2) is 48.5 Å². The summed E-state index contributed by atoms with van der Waals surface area (Å²) in [6, 6.07) is 16.1. The molecule has 1 aliphatic carbocycles. The largest absolute Gasteiger partial charge is 0.371 e. The lowest BCUT2D eigenvalue weighted by atomic mass is 9.73. The van der Waals surface area contributed by atoms with Crippen LogP contribution < -0.4 is 15.1 Å². The topological polar surface area (TPSA) is 52.7 Å². The summed E-state index contributed by atoms with van der Waals surface area (Å²) in [5, 5.41) is 3.05. The number of hydrogen-bond donors (Lipinski definition) is 1. The minimum absolute atomic E-state index is 0.0291. The molecule has 0 radical (unpaired) electrons. The van der Waals surface area contributed by atoms with Gasteiger partial charge in [0.1, 0.15) is 0 Å². The third-order valence-electron chi connectivity index (χ3n) is 6.84. The van der Waals surface area contributed by atoms with Gasteiger partial charge in [0.05, 0.1) is 5.41 Å². The van der Waals surface area contributed by atoms with E-state index in [-0.39, 0.29) is 11.8 Å². The van der Waals surface area contributed by atoms with Crippen molar-refractivity contribution in [1.82, 2.24) is 5.32 Å². The second-order valence-corrected chi connectivity index (χ2v) is 8.65. The van der Waals surface area contributed by atoms with Crippen molar-refractivity contribution in [3.8, 4) is 0 Å². The number of anilines is 2. The molecule has 2 fully saturated rings. The van der Waals surface area contributed by atoms with E-state index in [0.29, 0.717) is 11.5 Å². The van der Waals surface area contributed by atoms with Crippen LogP contribution in [0.1, 0.15) is 41.6 Å². The predicted octanol–water partition coefficient (Wildman–Crippen LogP) is 3.34. The number of benzene rings is 2. The highest BCUT2D eigenvalue weighted by atomic mass is 16.2. The molecule has 0 bridgehead atoms. The van der Waals surface area contributed by atoms with Gasteiger partial charge in [-0.2, -0.15) is 0 Å². The normalized spacial score (nSPS) is 20.1. The summed E-state index contributed by atoms with van der Waals surface area (Å²) in [4.78, 5) is 30.1. The van der Waals surface area contributed by atoms with E-state index < -0.39 is 5.41 Å². The van der Waals surface area contributed by atoms with Crippen molar-refractivity contribution in [3.63, 3.8) is 0 Å². The van der Waals surface area contributed by atoms with Crippen molar-refractivity contribution in [3.05, 3.63) is 59.7 Å². The van der Waals surface area contributed by atoms with Gasteiger partial charge in [-0.25, -0.2) is 0 Å². The average Bonchev–Trinajstić information content (AvgIpc) is 3.58. The van der Waals surface area contributed by atoms with Crippen molar-refractivity contribution in [2.75, 3.05) is 36.5 Å². The summed E-state index contributed by atoms with van der Waals surface area (Å²) in [5.74, 6) is 0.782. The van der Waals surface area contributed by atoms with Gasteiger partial charge in [-0.15, -0.1) is 0 Å². The maximum atomic E-state index is 13.3. The van der Waals surface area contributed by atoms with Crippen molar-refractivity contribution < 1.29 is 9.59 Å². The van der Waals surface area contributed by atoms with Gasteiger partial charge < -0.3 is 15.1 Å². The highest BCUT2D eigenvalue weighted by Crippen LogP contribution is 2.48. The molecule has 2 amide bonds. The molecule has 2 aromatic carbocycles. The molecule has 5 rings (SSSR count). The van der Waals surface area contributed by atoms with Crippen molar-refractivity contribution >= 4 is 23.2 Å². The number of piperidine rings is 1. The second kappa shape index (κ2) is 6.90. The molecular formula is C24H27N3O2. The summed E-state index contributed by atoms with van der Waals surface area (Å²) < 4.78 is 0. The average molecular weight is 389 g/mol. The standard InChI is InChI=1S/C24H27N3O2/c1-26-21-10-9-18(22(28)25-16-17-7-8-17)15-20(21)24(23(26)29)11-13-27(14-12-24)19-5-3-2-4-6-19/h2-6,9-10,15,17H,7-8,11-14,16H2,1H3,(H,25,28). The SMILES string of the molecule is CN1C(=O)C2(CCN(c3ccccc3)CC2)c2cc(C(=O)NCC3CC3)ccc21. The molecule has 2 aromatic rings. The first-order valence-corrected chi connectivity index (χ1v) is 10.6. The fraction of sp³-hybridized carbons (Fsp3) is 0.417. The summed E-state index contributed by atoms with van der Waals surface area (Å²) in [5.41, 5.74) is 3.33. The zero-order valence-corrected chi connectivity index (χ0v) is 16.9. The van der Waals surface area contributed by atoms with Gasteiger partial charge in [-0.05, 0) is 67.5 Å². The molecular weight excluding hydrogens is 362 g/mol. The monoisotopic (exact) mass is 389 g/mol. The number of fused-ring (bicyclic) bond motifs is 2. The minimum Gasteiger partial charge on any atom is -0.371 e. The van der Waals surface area contributed by atoms with E-state index in [9.17, 15) is 9.59 Å². The molecule has 5 nitrogen and oxygen atoms in total. The van der Waals surface area contributed by atoms with Crippen LogP contribution in [0.3, 0.4) is 0 Å². The van der Waals surface area contributed by atoms with E-state index in [2.05, 4.69) is 34.5 Å². The Morgan fingerprint density at radius 2 is 1.83 bits per heavy atom. The van der Waals surface area contributed by atoms with Gasteiger partial charge in [0.2, 0.25) is 5.91 Å². The van der Waals surface area contributed by atoms with E-state index in [0.717, 1.165) is 43.7 Å². The van der Waals surface area contributed by atoms with Crippen molar-refractivity contribution in [2.45, 2.75) is 31.1 Å². The fourth-order valence-corrected chi connectivity index (χ4v) is 4.83. The summed E-state index contributed by atoms with van der Waals surface area (Å²) in [6.45, 7) is 2.42. The molecule has 1 N–H and O–H groups in total. The highest BCUT2D eigenvalue weighted by molar-refractivity contribution is 6.09. The molecule has 1 spiro atoms. The van der Waals surface area contributed by atoms with Crippen molar-refractivity contribution in [1.29, 1.82) is 0 Å². The van der Waals surface area contributed by atoms with Crippen LogP contribution in [0.5, 0.6) is 0 Å². The van der Waals surface area contributed by atoms with Gasteiger partial charge >= 0.3 is 0 Å². The fourth-order valence-electron chi connectivity index (χ4n) is 4.83. The Bertz CT molecular complexity index is 944. The molecule has 5 heteroatoms. The molecule has 2 aliphatic heterocycles. The number of likely N-dealkylation sites (N-methyl/N-ethyl adjacent to an activating group) is 1. The molecule has 1 saturated carbocycles. The number of hydrogen-bond acceptors (Lipinski definition) is 3. The Morgan fingerprint density at radius 1 is 1.10 bits per heavy atom. The second-order valence-electron chi connectivity index (χ2n) is 8.65. The lowest BCUT2D eigenvalue weighted by molar-refractivity contribution is -0.123. The van der Waals surface area contributed by atoms with E-state index in [1.54, 1.807) is 4.90 Å². The van der Waals surface area contributed by atoms with Gasteiger partial charge in [0.25, 0.3) is 5.91 Å². The van der Waals surface area contributed by atoms with Gasteiger partial charge in [-0.1, -0.05) is 18.2 Å². The lowest BCUT2D eigenvalue weighted by Gasteiger charge is -2.39. The molecule has 0 atom stereocenters. The van der Waals surface area contributed by atoms with Gasteiger partial charge in [0.15, 0.2) is 0 Å². The number of rotatable bonds is 4. The molecule has 150 valence electrons. The molecule has 3 aliphatic rings. The summed E-state index contributed by atoms with van der Waals surface area (Å²) >= 11 is 0. The maximum absolute atomic E-state index is 13.3. The molecule has 0 unspecified atom stereocenters. The number of nitrogens with one attached hydrogen (secondary N) is 1. The smallest absolute Gasteiger partial charge is 0.251 e. The van der Waals surface area contributed by atoms with Crippen LogP contribution >= 0.6 is 0 Å². The number of para-hydroxylation sites is 1. The van der Waals surface area contributed by atoms with Crippen LogP contribution in [0, 0.1) is 5.92 Å². The highest BCUT2D eigenvalue weighted by Gasteiger charge is 2.51. The molecule has 29 heavy (non-hydrogen) atoms. The zero-order chi connectivity index (χ0) is 20.0. The first kappa shape index (κ1) is 18.2. The van der Waals surface area contributed by atoms with Crippen molar-refractivity contribution in [2.24, 2.45) is 5.92 Å². The maximum Gasteiger partial charge on any atom is 0.251 e. The number of amides is 2. The van der Waals surface area contributed by atoms with Crippen LogP contribution in [0.4, 0.5) is 11.4 Å². The van der Waals surface area contributed by atoms with Crippen LogP contribution in [0.2, 0.25) is 0 Å². The zero-order valence-electron chi connectivity index (χ0n) is 16.9. The number of carbonyl (C=O) groups excluding carboxylic acids is 2. The summed E-state index contributed by atoms with van der Waals surface area (Å²) in [6.07, 6.45) is 3.96. The number of carbonyl (C=O) groups is 2. The van der Waals surface area contributed by atoms with E-state index in [4.69, 9.17) is 0 Å². The van der Waals surface area contributed by atoms with Gasteiger partial charge in [0, 0.05) is 43.6 Å². The van der Waals surface area contributed by atoms with E-state index in [1.807, 2.05) is 31.3 Å². The Balaban J connectivity index is 1.41. The summed E-state index contributed by atoms with van der Waals surface area (Å²) in [7, 11) is 1.85. The molecule has 2 heterocycles. The third kappa shape index (κ3) is 3.09. The van der Waals surface area contributed by atoms with Gasteiger partial charge in [-0.3, -0.25) is 9.59 Å². The predicted molar refractivity (Wildman–Crippen MR) is 114 cm³/mol. The van der Waals surface area contributed by atoms with Crippen LogP contribution in [-0.2, 0) is 10.2 Å². The Kier molecular flexibility index (Phi) is 4.34. The Labute approximate surface area is 171 Å².